The molecule has 1 aromatic carbocycles. The minimum atomic E-state index is -0.474. The van der Waals surface area contributed by atoms with Crippen LogP contribution < -0.4 is 0 Å². The fraction of sp³-hybridized carbons (Fsp3) is 0.333. The lowest BCUT2D eigenvalue weighted by atomic mass is 10.2. The summed E-state index contributed by atoms with van der Waals surface area (Å²) in [5, 5.41) is 17.4. The van der Waals surface area contributed by atoms with Crippen molar-refractivity contribution in [3.8, 4) is 11.5 Å². The van der Waals surface area contributed by atoms with Crippen LogP contribution in [-0.4, -0.2) is 43.1 Å². The van der Waals surface area contributed by atoms with E-state index in [4.69, 9.17) is 0 Å². The Morgan fingerprint density at radius 3 is 2.78 bits per heavy atom. The Labute approximate surface area is 132 Å². The smallest absolute Gasteiger partial charge is 0.317 e. The number of H-pyrrole nitrogens is 2. The molecule has 8 nitrogen and oxygen atoms in total. The van der Waals surface area contributed by atoms with Gasteiger partial charge in [0, 0.05) is 6.54 Å². The van der Waals surface area contributed by atoms with Crippen molar-refractivity contribution in [2.24, 2.45) is 0 Å². The first kappa shape index (κ1) is 15.2. The Morgan fingerprint density at radius 2 is 2.09 bits per heavy atom. The zero-order chi connectivity index (χ0) is 16.4. The molecule has 0 aliphatic heterocycles. The number of nitrogens with one attached hydrogen (secondary N) is 2. The maximum Gasteiger partial charge on any atom is 0.317 e. The Bertz CT molecular complexity index is 833. The summed E-state index contributed by atoms with van der Waals surface area (Å²) in [4.78, 5) is 20.4. The van der Waals surface area contributed by atoms with Crippen molar-refractivity contribution in [2.75, 3.05) is 13.1 Å². The van der Waals surface area contributed by atoms with Crippen molar-refractivity contribution in [2.45, 2.75) is 20.4 Å². The second-order valence-corrected chi connectivity index (χ2v) is 5.29. The first-order chi connectivity index (χ1) is 11.1. The van der Waals surface area contributed by atoms with Crippen molar-refractivity contribution in [3.63, 3.8) is 0 Å². The summed E-state index contributed by atoms with van der Waals surface area (Å²) >= 11 is 0. The minimum absolute atomic E-state index is 0.0904. The summed E-state index contributed by atoms with van der Waals surface area (Å²) in [5.41, 5.74) is 3.00. The molecule has 8 heteroatoms. The van der Waals surface area contributed by atoms with Gasteiger partial charge in [0.1, 0.15) is 6.20 Å². The maximum atomic E-state index is 11.0. The third-order valence-corrected chi connectivity index (χ3v) is 3.90. The van der Waals surface area contributed by atoms with Gasteiger partial charge in [-0.1, -0.05) is 19.9 Å². The Kier molecular flexibility index (Phi) is 4.07. The fourth-order valence-electron chi connectivity index (χ4n) is 2.57. The summed E-state index contributed by atoms with van der Waals surface area (Å²) in [6, 6.07) is 6.00. The van der Waals surface area contributed by atoms with E-state index in [2.05, 4.69) is 38.9 Å². The van der Waals surface area contributed by atoms with Gasteiger partial charge in [-0.25, -0.2) is 4.98 Å². The van der Waals surface area contributed by atoms with Crippen LogP contribution in [0.3, 0.4) is 0 Å². The third kappa shape index (κ3) is 2.93. The molecule has 0 amide bonds. The van der Waals surface area contributed by atoms with E-state index < -0.39 is 4.92 Å². The second-order valence-electron chi connectivity index (χ2n) is 5.29. The van der Waals surface area contributed by atoms with Crippen LogP contribution in [-0.2, 0) is 6.54 Å². The van der Waals surface area contributed by atoms with Gasteiger partial charge in [0.15, 0.2) is 11.5 Å². The number of rotatable bonds is 6. The number of aromatic amines is 2. The SMILES string of the molecule is CCN(CC)Cc1ccc2nc(-c3[nH]ncc3[N+](=O)[O-])[nH]c2c1. The van der Waals surface area contributed by atoms with Gasteiger partial charge in [-0.15, -0.1) is 0 Å². The molecule has 0 bridgehead atoms. The zero-order valence-corrected chi connectivity index (χ0v) is 13.0. The Balaban J connectivity index is 1.96. The van der Waals surface area contributed by atoms with Crippen molar-refractivity contribution in [3.05, 3.63) is 40.1 Å². The van der Waals surface area contributed by atoms with Crippen LogP contribution in [0.1, 0.15) is 19.4 Å². The van der Waals surface area contributed by atoms with Gasteiger partial charge in [0.25, 0.3) is 0 Å². The van der Waals surface area contributed by atoms with E-state index in [0.717, 1.165) is 30.7 Å². The first-order valence-corrected chi connectivity index (χ1v) is 7.51. The highest BCUT2D eigenvalue weighted by Gasteiger charge is 2.20. The number of fused-ring (bicyclic) bond motifs is 1. The number of hydrogen-bond donors (Lipinski definition) is 2. The van der Waals surface area contributed by atoms with Crippen LogP contribution >= 0.6 is 0 Å². The largest absolute Gasteiger partial charge is 0.336 e. The first-order valence-electron chi connectivity index (χ1n) is 7.51. The Morgan fingerprint density at radius 1 is 1.30 bits per heavy atom. The highest BCUT2D eigenvalue weighted by Crippen LogP contribution is 2.27. The predicted octanol–water partition coefficient (Wildman–Crippen LogP) is 2.70. The molecule has 0 aliphatic carbocycles. The molecule has 120 valence electrons. The lowest BCUT2D eigenvalue weighted by Gasteiger charge is -2.17. The van der Waals surface area contributed by atoms with E-state index in [-0.39, 0.29) is 11.4 Å². The molecule has 0 fully saturated rings. The van der Waals surface area contributed by atoms with Gasteiger partial charge >= 0.3 is 5.69 Å². The van der Waals surface area contributed by atoms with Crippen LogP contribution in [0.2, 0.25) is 0 Å². The molecule has 0 saturated carbocycles. The molecule has 3 rings (SSSR count). The Hall–Kier alpha value is -2.74. The zero-order valence-electron chi connectivity index (χ0n) is 13.0. The third-order valence-electron chi connectivity index (χ3n) is 3.90. The van der Waals surface area contributed by atoms with Crippen molar-refractivity contribution >= 4 is 16.7 Å². The number of nitrogens with zero attached hydrogens (tertiary/aromatic N) is 4. The molecule has 2 N–H and O–H groups in total. The second kappa shape index (κ2) is 6.17. The lowest BCUT2D eigenvalue weighted by Crippen LogP contribution is -2.21. The van der Waals surface area contributed by atoms with Crippen LogP contribution in [0, 0.1) is 10.1 Å². The molecule has 0 saturated heterocycles. The molecule has 0 spiro atoms. The molecule has 0 atom stereocenters. The molecular formula is C15H18N6O2. The fourth-order valence-corrected chi connectivity index (χ4v) is 2.57. The summed E-state index contributed by atoms with van der Waals surface area (Å²) < 4.78 is 0. The van der Waals surface area contributed by atoms with Crippen LogP contribution in [0.15, 0.2) is 24.4 Å². The predicted molar refractivity (Wildman–Crippen MR) is 87.0 cm³/mol. The molecule has 0 unspecified atom stereocenters. The van der Waals surface area contributed by atoms with Crippen LogP contribution in [0.4, 0.5) is 5.69 Å². The van der Waals surface area contributed by atoms with Gasteiger partial charge in [0.05, 0.1) is 16.0 Å². The van der Waals surface area contributed by atoms with Gasteiger partial charge in [-0.2, -0.15) is 5.10 Å². The van der Waals surface area contributed by atoms with E-state index in [1.165, 1.54) is 11.8 Å². The topological polar surface area (TPSA) is 104 Å². The number of imidazole rings is 1. The van der Waals surface area contributed by atoms with Gasteiger partial charge in [-0.3, -0.25) is 20.1 Å². The van der Waals surface area contributed by atoms with Gasteiger partial charge < -0.3 is 4.98 Å². The number of benzene rings is 1. The van der Waals surface area contributed by atoms with Gasteiger partial charge in [-0.05, 0) is 30.8 Å². The van der Waals surface area contributed by atoms with E-state index >= 15 is 0 Å². The average molecular weight is 314 g/mol. The number of nitro groups is 1. The van der Waals surface area contributed by atoms with E-state index in [1.54, 1.807) is 0 Å². The normalized spacial score (nSPS) is 11.4. The van der Waals surface area contributed by atoms with Crippen molar-refractivity contribution in [1.82, 2.24) is 25.1 Å². The van der Waals surface area contributed by atoms with E-state index in [1.807, 2.05) is 18.2 Å². The van der Waals surface area contributed by atoms with Crippen LogP contribution in [0.25, 0.3) is 22.6 Å². The molecular weight excluding hydrogens is 296 g/mol. The quantitative estimate of drug-likeness (QED) is 0.538. The number of hydrogen-bond acceptors (Lipinski definition) is 5. The van der Waals surface area contributed by atoms with Gasteiger partial charge in [0.2, 0.25) is 0 Å². The lowest BCUT2D eigenvalue weighted by molar-refractivity contribution is -0.384. The van der Waals surface area contributed by atoms with E-state index in [9.17, 15) is 10.1 Å². The maximum absolute atomic E-state index is 11.0. The molecule has 0 radical (unpaired) electrons. The minimum Gasteiger partial charge on any atom is -0.336 e. The summed E-state index contributed by atoms with van der Waals surface area (Å²) in [5.74, 6) is 0.421. The molecule has 2 aromatic heterocycles. The van der Waals surface area contributed by atoms with Crippen molar-refractivity contribution in [1.29, 1.82) is 0 Å². The average Bonchev–Trinajstić information content (AvgIpc) is 3.18. The van der Waals surface area contributed by atoms with E-state index in [0.29, 0.717) is 5.82 Å². The summed E-state index contributed by atoms with van der Waals surface area (Å²) in [7, 11) is 0. The molecule has 0 aliphatic rings. The summed E-state index contributed by atoms with van der Waals surface area (Å²) in [6.45, 7) is 7.11. The summed E-state index contributed by atoms with van der Waals surface area (Å²) in [6.07, 6.45) is 1.19. The standard InChI is InChI=1S/C15H18N6O2/c1-3-20(4-2)9-10-5-6-11-12(7-10)18-15(17-11)14-13(21(22)23)8-16-19-14/h5-8H,3-4,9H2,1-2H3,(H,16,19)(H,17,18). The molecule has 3 aromatic rings. The molecule has 2 heterocycles. The van der Waals surface area contributed by atoms with Crippen molar-refractivity contribution < 1.29 is 4.92 Å². The number of aromatic nitrogens is 4. The highest BCUT2D eigenvalue weighted by molar-refractivity contribution is 5.80. The molecule has 23 heavy (non-hydrogen) atoms. The van der Waals surface area contributed by atoms with Crippen LogP contribution in [0.5, 0.6) is 0 Å². The highest BCUT2D eigenvalue weighted by atomic mass is 16.6. The monoisotopic (exact) mass is 314 g/mol.